The van der Waals surface area contributed by atoms with Crippen LogP contribution in [0.15, 0.2) is 36.5 Å². The number of pyridine rings is 1. The van der Waals surface area contributed by atoms with Gasteiger partial charge in [0.25, 0.3) is 5.91 Å². The van der Waals surface area contributed by atoms with E-state index in [-0.39, 0.29) is 11.9 Å². The molecule has 0 fully saturated rings. The molecule has 1 amide bonds. The Morgan fingerprint density at radius 2 is 2.10 bits per heavy atom. The fourth-order valence-corrected chi connectivity index (χ4v) is 2.59. The minimum Gasteiger partial charge on any atom is -0.344 e. The molecule has 0 aliphatic carbocycles. The summed E-state index contributed by atoms with van der Waals surface area (Å²) in [4.78, 5) is 16.8. The quantitative estimate of drug-likeness (QED) is 0.918. The van der Waals surface area contributed by atoms with E-state index in [4.69, 9.17) is 11.6 Å². The van der Waals surface area contributed by atoms with Crippen molar-refractivity contribution in [3.8, 4) is 0 Å². The Bertz CT molecular complexity index is 635. The molecule has 110 valence electrons. The molecule has 0 spiro atoms. The van der Waals surface area contributed by atoms with Gasteiger partial charge in [0.05, 0.1) is 22.3 Å². The molecule has 1 heterocycles. The maximum absolute atomic E-state index is 12.5. The van der Waals surface area contributed by atoms with Crippen LogP contribution in [-0.4, -0.2) is 10.9 Å². The number of halogens is 1. The van der Waals surface area contributed by atoms with Crippen LogP contribution in [0.25, 0.3) is 0 Å². The Kier molecular flexibility index (Phi) is 4.97. The SMILES string of the molecule is CC[C@@H](NC(=O)c1c(C)cccc1Cl)c1cc(C)ccn1. The van der Waals surface area contributed by atoms with E-state index in [1.54, 1.807) is 12.3 Å². The number of nitrogens with zero attached hydrogens (tertiary/aromatic N) is 1. The van der Waals surface area contributed by atoms with E-state index in [2.05, 4.69) is 10.3 Å². The van der Waals surface area contributed by atoms with Crippen molar-refractivity contribution in [1.29, 1.82) is 0 Å². The Morgan fingerprint density at radius 3 is 2.71 bits per heavy atom. The lowest BCUT2D eigenvalue weighted by Gasteiger charge is -2.18. The highest BCUT2D eigenvalue weighted by atomic mass is 35.5. The summed E-state index contributed by atoms with van der Waals surface area (Å²) in [6.07, 6.45) is 2.53. The van der Waals surface area contributed by atoms with Crippen molar-refractivity contribution in [2.24, 2.45) is 0 Å². The standard InChI is InChI=1S/C17H19ClN2O/c1-4-14(15-10-11(2)8-9-19-15)20-17(21)16-12(3)6-5-7-13(16)18/h5-10,14H,4H2,1-3H3,(H,20,21)/t14-/m1/s1. The van der Waals surface area contributed by atoms with Gasteiger partial charge in [-0.3, -0.25) is 9.78 Å². The molecule has 1 atom stereocenters. The molecule has 1 N–H and O–H groups in total. The smallest absolute Gasteiger partial charge is 0.253 e. The number of amides is 1. The van der Waals surface area contributed by atoms with Gasteiger partial charge in [-0.05, 0) is 49.6 Å². The molecular formula is C17H19ClN2O. The van der Waals surface area contributed by atoms with E-state index in [1.165, 1.54) is 0 Å². The molecule has 2 aromatic rings. The van der Waals surface area contributed by atoms with Crippen LogP contribution in [0.5, 0.6) is 0 Å². The van der Waals surface area contributed by atoms with Crippen LogP contribution in [0, 0.1) is 13.8 Å². The van der Waals surface area contributed by atoms with E-state index in [0.717, 1.165) is 23.2 Å². The van der Waals surface area contributed by atoms with Crippen LogP contribution < -0.4 is 5.32 Å². The number of carbonyl (C=O) groups is 1. The Balaban J connectivity index is 2.25. The van der Waals surface area contributed by atoms with Crippen molar-refractivity contribution < 1.29 is 4.79 Å². The molecule has 21 heavy (non-hydrogen) atoms. The summed E-state index contributed by atoms with van der Waals surface area (Å²) in [5.74, 6) is -0.159. The van der Waals surface area contributed by atoms with E-state index in [1.807, 2.05) is 45.0 Å². The van der Waals surface area contributed by atoms with Gasteiger partial charge in [-0.1, -0.05) is 30.7 Å². The fraction of sp³-hybridized carbons (Fsp3) is 0.294. The van der Waals surface area contributed by atoms with E-state index in [9.17, 15) is 4.79 Å². The topological polar surface area (TPSA) is 42.0 Å². The minimum atomic E-state index is -0.159. The second kappa shape index (κ2) is 6.72. The van der Waals surface area contributed by atoms with Crippen molar-refractivity contribution in [3.63, 3.8) is 0 Å². The first-order chi connectivity index (χ1) is 10.0. The van der Waals surface area contributed by atoms with Gasteiger partial charge in [0, 0.05) is 6.20 Å². The van der Waals surface area contributed by atoms with Gasteiger partial charge in [-0.15, -0.1) is 0 Å². The summed E-state index contributed by atoms with van der Waals surface area (Å²) >= 11 is 6.15. The zero-order valence-electron chi connectivity index (χ0n) is 12.5. The number of rotatable bonds is 4. The molecule has 1 aromatic carbocycles. The molecule has 0 radical (unpaired) electrons. The number of hydrogen-bond acceptors (Lipinski definition) is 2. The zero-order valence-corrected chi connectivity index (χ0v) is 13.2. The van der Waals surface area contributed by atoms with Crippen LogP contribution in [0.1, 0.15) is 46.6 Å². The van der Waals surface area contributed by atoms with Gasteiger partial charge >= 0.3 is 0 Å². The average Bonchev–Trinajstić information content (AvgIpc) is 2.44. The summed E-state index contributed by atoms with van der Waals surface area (Å²) in [6, 6.07) is 9.27. The monoisotopic (exact) mass is 302 g/mol. The number of nitrogens with one attached hydrogen (secondary N) is 1. The maximum atomic E-state index is 12.5. The highest BCUT2D eigenvalue weighted by Crippen LogP contribution is 2.22. The van der Waals surface area contributed by atoms with Crippen LogP contribution in [0.3, 0.4) is 0 Å². The van der Waals surface area contributed by atoms with Crippen molar-refractivity contribution in [2.45, 2.75) is 33.2 Å². The van der Waals surface area contributed by atoms with Gasteiger partial charge in [-0.25, -0.2) is 0 Å². The van der Waals surface area contributed by atoms with Gasteiger partial charge < -0.3 is 5.32 Å². The molecule has 0 unspecified atom stereocenters. The third kappa shape index (κ3) is 3.61. The number of benzene rings is 1. The normalized spacial score (nSPS) is 12.0. The summed E-state index contributed by atoms with van der Waals surface area (Å²) in [5.41, 5.74) is 3.40. The minimum absolute atomic E-state index is 0.118. The molecular weight excluding hydrogens is 284 g/mol. The molecule has 0 aliphatic rings. The third-order valence-electron chi connectivity index (χ3n) is 3.46. The molecule has 4 heteroatoms. The predicted molar refractivity (Wildman–Crippen MR) is 85.7 cm³/mol. The molecule has 3 nitrogen and oxygen atoms in total. The lowest BCUT2D eigenvalue weighted by atomic mass is 10.1. The van der Waals surface area contributed by atoms with Crippen LogP contribution >= 0.6 is 11.6 Å². The van der Waals surface area contributed by atoms with Gasteiger partial charge in [-0.2, -0.15) is 0 Å². The van der Waals surface area contributed by atoms with Crippen molar-refractivity contribution in [2.75, 3.05) is 0 Å². The van der Waals surface area contributed by atoms with Gasteiger partial charge in [0.1, 0.15) is 0 Å². The molecule has 2 rings (SSSR count). The molecule has 0 saturated heterocycles. The fourth-order valence-electron chi connectivity index (χ4n) is 2.29. The predicted octanol–water partition coefficient (Wildman–Crippen LogP) is 4.23. The van der Waals surface area contributed by atoms with Crippen LogP contribution in [0.4, 0.5) is 0 Å². The first-order valence-corrected chi connectivity index (χ1v) is 7.39. The number of aryl methyl sites for hydroxylation is 2. The Morgan fingerprint density at radius 1 is 1.33 bits per heavy atom. The largest absolute Gasteiger partial charge is 0.344 e. The highest BCUT2D eigenvalue weighted by molar-refractivity contribution is 6.34. The molecule has 1 aromatic heterocycles. The molecule has 0 bridgehead atoms. The van der Waals surface area contributed by atoms with E-state index < -0.39 is 0 Å². The number of carbonyl (C=O) groups excluding carboxylic acids is 1. The van der Waals surface area contributed by atoms with E-state index in [0.29, 0.717) is 10.6 Å². The Hall–Kier alpha value is -1.87. The number of hydrogen-bond donors (Lipinski definition) is 1. The van der Waals surface area contributed by atoms with Crippen molar-refractivity contribution >= 4 is 17.5 Å². The summed E-state index contributed by atoms with van der Waals surface area (Å²) in [7, 11) is 0. The second-order valence-electron chi connectivity index (χ2n) is 5.12. The second-order valence-corrected chi connectivity index (χ2v) is 5.53. The van der Waals surface area contributed by atoms with Crippen molar-refractivity contribution in [1.82, 2.24) is 10.3 Å². The third-order valence-corrected chi connectivity index (χ3v) is 3.77. The first kappa shape index (κ1) is 15.5. The summed E-state index contributed by atoms with van der Waals surface area (Å²) in [5, 5.41) is 3.49. The molecule has 0 aliphatic heterocycles. The lowest BCUT2D eigenvalue weighted by molar-refractivity contribution is 0.0934. The Labute approximate surface area is 130 Å². The van der Waals surface area contributed by atoms with E-state index >= 15 is 0 Å². The van der Waals surface area contributed by atoms with Crippen molar-refractivity contribution in [3.05, 3.63) is 63.9 Å². The zero-order chi connectivity index (χ0) is 15.4. The molecule has 0 saturated carbocycles. The highest BCUT2D eigenvalue weighted by Gasteiger charge is 2.18. The van der Waals surface area contributed by atoms with Gasteiger partial charge in [0.2, 0.25) is 0 Å². The first-order valence-electron chi connectivity index (χ1n) is 7.01. The lowest BCUT2D eigenvalue weighted by Crippen LogP contribution is -2.29. The summed E-state index contributed by atoms with van der Waals surface area (Å²) in [6.45, 7) is 5.92. The number of aromatic nitrogens is 1. The average molecular weight is 303 g/mol. The van der Waals surface area contributed by atoms with Gasteiger partial charge in [0.15, 0.2) is 0 Å². The van der Waals surface area contributed by atoms with Crippen LogP contribution in [0.2, 0.25) is 5.02 Å². The summed E-state index contributed by atoms with van der Waals surface area (Å²) < 4.78 is 0. The van der Waals surface area contributed by atoms with Crippen LogP contribution in [-0.2, 0) is 0 Å². The maximum Gasteiger partial charge on any atom is 0.253 e.